The van der Waals surface area contributed by atoms with Crippen LogP contribution in [-0.2, 0) is 13.0 Å². The van der Waals surface area contributed by atoms with Gasteiger partial charge in [-0.25, -0.2) is 14.6 Å². The van der Waals surface area contributed by atoms with E-state index in [0.717, 1.165) is 32.2 Å². The molecule has 1 fully saturated rings. The lowest BCUT2D eigenvalue weighted by molar-refractivity contribution is 0.0974. The van der Waals surface area contributed by atoms with Gasteiger partial charge in [-0.05, 0) is 49.1 Å². The van der Waals surface area contributed by atoms with Gasteiger partial charge in [0.1, 0.15) is 5.82 Å². The third-order valence-corrected chi connectivity index (χ3v) is 8.11. The molecule has 0 saturated carbocycles. The smallest absolute Gasteiger partial charge is 0.279 e. The van der Waals surface area contributed by atoms with Crippen LogP contribution in [0.1, 0.15) is 63.1 Å². The number of anilines is 2. The fourth-order valence-electron chi connectivity index (χ4n) is 6.12. The van der Waals surface area contributed by atoms with Crippen molar-refractivity contribution in [3.8, 4) is 0 Å². The summed E-state index contributed by atoms with van der Waals surface area (Å²) in [6.07, 6.45) is 5.18. The van der Waals surface area contributed by atoms with Crippen LogP contribution in [0.15, 0.2) is 36.5 Å². The van der Waals surface area contributed by atoms with E-state index in [2.05, 4.69) is 33.2 Å². The number of hydrogen-bond acceptors (Lipinski definition) is 7. The second-order valence-corrected chi connectivity index (χ2v) is 10.1. The molecule has 36 heavy (non-hydrogen) atoms. The number of primary amides is 1. The molecule has 0 unspecified atom stereocenters. The van der Waals surface area contributed by atoms with Crippen LogP contribution in [0.25, 0.3) is 0 Å². The first-order valence-corrected chi connectivity index (χ1v) is 12.5. The average molecular weight is 487 g/mol. The Hall–Kier alpha value is -3.79. The van der Waals surface area contributed by atoms with Gasteiger partial charge < -0.3 is 16.4 Å². The van der Waals surface area contributed by atoms with Crippen molar-refractivity contribution in [3.63, 3.8) is 0 Å². The van der Waals surface area contributed by atoms with Crippen molar-refractivity contribution < 1.29 is 9.59 Å². The van der Waals surface area contributed by atoms with E-state index in [-0.39, 0.29) is 28.8 Å². The summed E-state index contributed by atoms with van der Waals surface area (Å²) >= 11 is 0. The number of benzene rings is 1. The molecule has 6 rings (SSSR count). The monoisotopic (exact) mass is 486 g/mol. The quantitative estimate of drug-likeness (QED) is 0.578. The van der Waals surface area contributed by atoms with E-state index in [4.69, 9.17) is 16.5 Å². The number of fused-ring (bicyclic) bond motifs is 2. The normalized spacial score (nSPS) is 20.3. The molecule has 2 aromatic heterocycles. The highest BCUT2D eigenvalue weighted by Gasteiger charge is 2.46. The third-order valence-electron chi connectivity index (χ3n) is 8.11. The minimum absolute atomic E-state index is 0.00254. The lowest BCUT2D eigenvalue weighted by Gasteiger charge is -2.42. The first kappa shape index (κ1) is 22.7. The van der Waals surface area contributed by atoms with Gasteiger partial charge >= 0.3 is 0 Å². The van der Waals surface area contributed by atoms with E-state index >= 15 is 0 Å². The van der Waals surface area contributed by atoms with Crippen LogP contribution in [0.5, 0.6) is 0 Å². The van der Waals surface area contributed by atoms with Crippen molar-refractivity contribution in [2.24, 2.45) is 16.9 Å². The first-order chi connectivity index (χ1) is 17.4. The molecule has 0 radical (unpaired) electrons. The lowest BCUT2D eigenvalue weighted by atomic mass is 9.73. The summed E-state index contributed by atoms with van der Waals surface area (Å²) in [5.74, 6) is 0.162. The topological polar surface area (TPSA) is 136 Å². The Labute approximate surface area is 209 Å². The van der Waals surface area contributed by atoms with Gasteiger partial charge in [-0.1, -0.05) is 24.3 Å². The van der Waals surface area contributed by atoms with E-state index < -0.39 is 5.91 Å². The van der Waals surface area contributed by atoms with Gasteiger partial charge in [0, 0.05) is 38.3 Å². The maximum absolute atomic E-state index is 13.5. The van der Waals surface area contributed by atoms with Crippen LogP contribution in [0.4, 0.5) is 11.6 Å². The molecule has 3 aromatic rings. The highest BCUT2D eigenvalue weighted by Crippen LogP contribution is 2.51. The van der Waals surface area contributed by atoms with Crippen molar-refractivity contribution in [2.45, 2.75) is 45.2 Å². The molecule has 0 bridgehead atoms. The van der Waals surface area contributed by atoms with E-state index in [9.17, 15) is 9.59 Å². The maximum atomic E-state index is 13.5. The zero-order valence-electron chi connectivity index (χ0n) is 20.4. The van der Waals surface area contributed by atoms with Crippen LogP contribution in [0.3, 0.4) is 0 Å². The number of aryl methyl sites for hydroxylation is 2. The number of carbonyl (C=O) groups excluding carboxylic acids is 2. The standard InChI is InChI=1S/C26H30N8O2/c1-16-20(25(36)33-11-4-12-34-19(33)7-10-29-34)31-21(23(28)35)24(30-16)32-13-8-26(9-14-32)15-17-5-2-3-6-18(17)22(26)27/h2-3,5-7,10,22H,4,8-9,11-15,27H2,1H3,(H2,28,35)/t22-/m1/s1. The Morgan fingerprint density at radius 1 is 1.03 bits per heavy atom. The number of nitrogens with zero attached hydrogens (tertiary/aromatic N) is 6. The van der Waals surface area contributed by atoms with Crippen LogP contribution in [0.2, 0.25) is 0 Å². The molecule has 3 aliphatic rings. The molecule has 1 aromatic carbocycles. The summed E-state index contributed by atoms with van der Waals surface area (Å²) in [5.41, 5.74) is 15.7. The summed E-state index contributed by atoms with van der Waals surface area (Å²) in [5, 5.41) is 4.27. The van der Waals surface area contributed by atoms with Crippen LogP contribution >= 0.6 is 0 Å². The Kier molecular flexibility index (Phi) is 5.29. The van der Waals surface area contributed by atoms with Gasteiger partial charge in [-0.3, -0.25) is 14.5 Å². The summed E-state index contributed by atoms with van der Waals surface area (Å²) < 4.78 is 1.79. The Bertz CT molecular complexity index is 1360. The van der Waals surface area contributed by atoms with Crippen LogP contribution < -0.4 is 21.3 Å². The molecule has 1 aliphatic carbocycles. The van der Waals surface area contributed by atoms with E-state index in [1.54, 1.807) is 28.8 Å². The Balaban J connectivity index is 1.27. The van der Waals surface area contributed by atoms with Crippen molar-refractivity contribution >= 4 is 23.5 Å². The van der Waals surface area contributed by atoms with E-state index in [1.807, 2.05) is 6.07 Å². The largest absolute Gasteiger partial charge is 0.364 e. The predicted octanol–water partition coefficient (Wildman–Crippen LogP) is 1.97. The zero-order valence-corrected chi connectivity index (χ0v) is 20.4. The molecule has 10 nitrogen and oxygen atoms in total. The van der Waals surface area contributed by atoms with E-state index in [1.165, 1.54) is 11.1 Å². The first-order valence-electron chi connectivity index (χ1n) is 12.5. The fraction of sp³-hybridized carbons (Fsp3) is 0.423. The van der Waals surface area contributed by atoms with Crippen LogP contribution in [0, 0.1) is 12.3 Å². The minimum Gasteiger partial charge on any atom is -0.364 e. The van der Waals surface area contributed by atoms with Gasteiger partial charge in [0.15, 0.2) is 17.2 Å². The van der Waals surface area contributed by atoms with Gasteiger partial charge in [0.25, 0.3) is 11.8 Å². The number of rotatable bonds is 3. The molecule has 1 atom stereocenters. The molecule has 4 N–H and O–H groups in total. The summed E-state index contributed by atoms with van der Waals surface area (Å²) in [6, 6.07) is 10.2. The molecule has 2 amide bonds. The number of hydrogen-bond donors (Lipinski definition) is 2. The molecule has 1 saturated heterocycles. The molecule has 10 heteroatoms. The highest BCUT2D eigenvalue weighted by atomic mass is 16.2. The maximum Gasteiger partial charge on any atom is 0.279 e. The van der Waals surface area contributed by atoms with Crippen molar-refractivity contribution in [1.82, 2.24) is 19.7 Å². The molecule has 186 valence electrons. The molecule has 4 heterocycles. The fourth-order valence-corrected chi connectivity index (χ4v) is 6.12. The lowest BCUT2D eigenvalue weighted by Crippen LogP contribution is -2.45. The number of nitrogens with two attached hydrogens (primary N) is 2. The third kappa shape index (κ3) is 3.47. The SMILES string of the molecule is Cc1nc(N2CCC3(CC2)Cc2ccccc2[C@H]3N)c(C(N)=O)nc1C(=O)N1CCCn2nccc21. The summed E-state index contributed by atoms with van der Waals surface area (Å²) in [6.45, 7) is 4.44. The highest BCUT2D eigenvalue weighted by molar-refractivity contribution is 6.06. The minimum atomic E-state index is -0.694. The van der Waals surface area contributed by atoms with Gasteiger partial charge in [0.2, 0.25) is 0 Å². The number of aromatic nitrogens is 4. The predicted molar refractivity (Wildman–Crippen MR) is 135 cm³/mol. The zero-order chi connectivity index (χ0) is 25.0. The average Bonchev–Trinajstić information content (AvgIpc) is 3.47. The second kappa shape index (κ2) is 8.41. The number of piperidine rings is 1. The number of carbonyl (C=O) groups is 2. The summed E-state index contributed by atoms with van der Waals surface area (Å²) in [4.78, 5) is 38.8. The Morgan fingerprint density at radius 3 is 2.56 bits per heavy atom. The second-order valence-electron chi connectivity index (χ2n) is 10.1. The molecule has 2 aliphatic heterocycles. The molecular weight excluding hydrogens is 456 g/mol. The molecule has 1 spiro atoms. The number of amides is 2. The Morgan fingerprint density at radius 2 is 1.81 bits per heavy atom. The van der Waals surface area contributed by atoms with Crippen LogP contribution in [-0.4, -0.2) is 51.2 Å². The summed E-state index contributed by atoms with van der Waals surface area (Å²) in [7, 11) is 0. The van der Waals surface area contributed by atoms with Gasteiger partial charge in [-0.15, -0.1) is 0 Å². The molecular formula is C26H30N8O2. The van der Waals surface area contributed by atoms with E-state index in [0.29, 0.717) is 37.0 Å². The van der Waals surface area contributed by atoms with Crippen molar-refractivity contribution in [1.29, 1.82) is 0 Å². The van der Waals surface area contributed by atoms with Crippen molar-refractivity contribution in [2.75, 3.05) is 29.4 Å². The van der Waals surface area contributed by atoms with Gasteiger partial charge in [-0.2, -0.15) is 5.10 Å². The van der Waals surface area contributed by atoms with Gasteiger partial charge in [0.05, 0.1) is 11.9 Å². The van der Waals surface area contributed by atoms with Crippen molar-refractivity contribution in [3.05, 3.63) is 64.7 Å².